The lowest BCUT2D eigenvalue weighted by atomic mass is 10.0. The number of H-pyrrole nitrogens is 1. The topological polar surface area (TPSA) is 69.9 Å². The number of nitrogens with zero attached hydrogens (tertiary/aromatic N) is 3. The Morgan fingerprint density at radius 2 is 2.03 bits per heavy atom. The molecule has 1 amide bonds. The molecule has 6 nitrogen and oxygen atoms in total. The normalized spacial score (nSPS) is 14.8. The number of carbonyl (C=O) groups is 1. The Kier molecular flexibility index (Phi) is 5.02. The van der Waals surface area contributed by atoms with Gasteiger partial charge in [0.2, 0.25) is 11.1 Å². The third kappa shape index (κ3) is 3.36. The smallest absolute Gasteiger partial charge is 0.291 e. The molecule has 0 fully saturated rings. The molecule has 1 aliphatic rings. The van der Waals surface area contributed by atoms with Gasteiger partial charge >= 0.3 is 11.3 Å². The van der Waals surface area contributed by atoms with E-state index in [9.17, 15) is 14.0 Å². The average molecular weight is 409 g/mol. The molecule has 2 heterocycles. The van der Waals surface area contributed by atoms with E-state index in [-0.39, 0.29) is 17.3 Å². The number of anilines is 1. The standard InChI is InChI=1S/C21H17FN4O2S/c1-3-12-29-21-23-19(28)18-16-6-4-5-7-17(16)25(13(2)27)20(26(18)24-21)14-8-10-15(22)11-9-14/h3-11,20H,1,12H2,2H3/p+1. The van der Waals surface area contributed by atoms with Crippen LogP contribution in [0.2, 0.25) is 0 Å². The van der Waals surface area contributed by atoms with Crippen molar-refractivity contribution in [2.75, 3.05) is 10.7 Å². The molecule has 1 aliphatic heterocycles. The van der Waals surface area contributed by atoms with E-state index in [4.69, 9.17) is 0 Å². The van der Waals surface area contributed by atoms with Crippen molar-refractivity contribution in [2.45, 2.75) is 18.2 Å². The van der Waals surface area contributed by atoms with E-state index in [1.807, 2.05) is 6.07 Å². The fourth-order valence-corrected chi connectivity index (χ4v) is 4.04. The van der Waals surface area contributed by atoms with Crippen LogP contribution in [0, 0.1) is 5.82 Å². The van der Waals surface area contributed by atoms with Crippen LogP contribution in [0.25, 0.3) is 11.3 Å². The highest BCUT2D eigenvalue weighted by molar-refractivity contribution is 7.99. The molecule has 0 saturated heterocycles. The van der Waals surface area contributed by atoms with Gasteiger partial charge in [-0.25, -0.2) is 9.29 Å². The molecule has 0 bridgehead atoms. The van der Waals surface area contributed by atoms with Crippen molar-refractivity contribution in [3.05, 3.63) is 82.9 Å². The van der Waals surface area contributed by atoms with E-state index in [2.05, 4.69) is 16.7 Å². The van der Waals surface area contributed by atoms with Gasteiger partial charge in [0.1, 0.15) is 5.82 Å². The average Bonchev–Trinajstić information content (AvgIpc) is 2.71. The number of rotatable bonds is 4. The van der Waals surface area contributed by atoms with Crippen LogP contribution in [0.5, 0.6) is 0 Å². The zero-order chi connectivity index (χ0) is 20.5. The van der Waals surface area contributed by atoms with Gasteiger partial charge in [-0.3, -0.25) is 14.6 Å². The fourth-order valence-electron chi connectivity index (χ4n) is 3.45. The number of fused-ring (bicyclic) bond motifs is 3. The Labute approximate surface area is 170 Å². The molecule has 4 rings (SSSR count). The molecule has 0 radical (unpaired) electrons. The quantitative estimate of drug-likeness (QED) is 0.409. The predicted molar refractivity (Wildman–Crippen MR) is 109 cm³/mol. The minimum atomic E-state index is -0.719. The maximum absolute atomic E-state index is 13.5. The summed E-state index contributed by atoms with van der Waals surface area (Å²) in [6.45, 7) is 5.14. The van der Waals surface area contributed by atoms with E-state index >= 15 is 0 Å². The van der Waals surface area contributed by atoms with E-state index in [0.29, 0.717) is 33.4 Å². The summed E-state index contributed by atoms with van der Waals surface area (Å²) >= 11 is 1.33. The first kappa shape index (κ1) is 19.1. The number of aromatic nitrogens is 3. The summed E-state index contributed by atoms with van der Waals surface area (Å²) in [7, 11) is 0. The lowest BCUT2D eigenvalue weighted by Gasteiger charge is -2.31. The summed E-state index contributed by atoms with van der Waals surface area (Å²) in [4.78, 5) is 30.0. The van der Waals surface area contributed by atoms with Gasteiger partial charge in [-0.05, 0) is 41.1 Å². The number of thioether (sulfide) groups is 1. The molecule has 0 saturated carbocycles. The van der Waals surface area contributed by atoms with Crippen molar-refractivity contribution < 1.29 is 13.9 Å². The van der Waals surface area contributed by atoms with Crippen LogP contribution in [0.3, 0.4) is 0 Å². The van der Waals surface area contributed by atoms with Gasteiger partial charge in [0.05, 0.1) is 11.3 Å². The predicted octanol–water partition coefficient (Wildman–Crippen LogP) is 3.06. The van der Waals surface area contributed by atoms with Crippen molar-refractivity contribution in [1.82, 2.24) is 10.1 Å². The number of halogens is 1. The maximum atomic E-state index is 13.5. The van der Waals surface area contributed by atoms with Crippen LogP contribution in [-0.2, 0) is 4.79 Å². The SMILES string of the molecule is C=CCSc1n[n+]2c(c(=O)[nH]1)-c1ccccc1N(C(C)=O)C2c1ccc(F)cc1. The molecule has 2 aromatic carbocycles. The minimum Gasteiger partial charge on any atom is -0.291 e. The van der Waals surface area contributed by atoms with Crippen LogP contribution >= 0.6 is 11.8 Å². The van der Waals surface area contributed by atoms with Gasteiger partial charge < -0.3 is 0 Å². The van der Waals surface area contributed by atoms with E-state index < -0.39 is 6.17 Å². The molecular formula is C21H18FN4O2S+. The number of hydrogen-bond donors (Lipinski definition) is 1. The lowest BCUT2D eigenvalue weighted by molar-refractivity contribution is -0.763. The summed E-state index contributed by atoms with van der Waals surface area (Å²) in [5, 5.41) is 5.02. The first-order valence-corrected chi connectivity index (χ1v) is 9.94. The van der Waals surface area contributed by atoms with Gasteiger partial charge in [-0.15, -0.1) is 6.58 Å². The first-order valence-electron chi connectivity index (χ1n) is 8.95. The molecule has 0 spiro atoms. The summed E-state index contributed by atoms with van der Waals surface area (Å²) in [5.74, 6) is -0.0331. The number of benzene rings is 2. The highest BCUT2D eigenvalue weighted by Gasteiger charge is 2.44. The second-order valence-corrected chi connectivity index (χ2v) is 7.49. The van der Waals surface area contributed by atoms with Gasteiger partial charge in [-0.1, -0.05) is 30.0 Å². The number of aromatic amines is 1. The van der Waals surface area contributed by atoms with Crippen LogP contribution in [0.15, 0.2) is 71.1 Å². The van der Waals surface area contributed by atoms with Crippen LogP contribution < -0.4 is 15.1 Å². The molecule has 0 aliphatic carbocycles. The molecule has 3 aromatic rings. The molecule has 1 unspecified atom stereocenters. The summed E-state index contributed by atoms with van der Waals surface area (Å²) < 4.78 is 15.1. The molecule has 1 atom stereocenters. The van der Waals surface area contributed by atoms with Gasteiger partial charge in [0.15, 0.2) is 0 Å². The molecule has 29 heavy (non-hydrogen) atoms. The third-order valence-corrected chi connectivity index (χ3v) is 5.46. The van der Waals surface area contributed by atoms with E-state index in [1.54, 1.807) is 46.0 Å². The Morgan fingerprint density at radius 3 is 2.72 bits per heavy atom. The molecular weight excluding hydrogens is 391 g/mol. The zero-order valence-electron chi connectivity index (χ0n) is 15.6. The minimum absolute atomic E-state index is 0.215. The van der Waals surface area contributed by atoms with Crippen molar-refractivity contribution in [3.63, 3.8) is 0 Å². The van der Waals surface area contributed by atoms with E-state index in [0.717, 1.165) is 0 Å². The third-order valence-electron chi connectivity index (χ3n) is 4.60. The van der Waals surface area contributed by atoms with Crippen molar-refractivity contribution in [3.8, 4) is 11.3 Å². The summed E-state index contributed by atoms with van der Waals surface area (Å²) in [6, 6.07) is 13.0. The van der Waals surface area contributed by atoms with Crippen LogP contribution in [-0.4, -0.2) is 21.7 Å². The largest absolute Gasteiger partial charge is 0.325 e. The van der Waals surface area contributed by atoms with Crippen molar-refractivity contribution in [2.24, 2.45) is 0 Å². The number of amides is 1. The summed E-state index contributed by atoms with van der Waals surface area (Å²) in [6.07, 6.45) is 0.993. The Balaban J connectivity index is 2.03. The zero-order valence-corrected chi connectivity index (χ0v) is 16.4. The fraction of sp³-hybridized carbons (Fsp3) is 0.143. The van der Waals surface area contributed by atoms with Gasteiger partial charge in [0.25, 0.3) is 6.17 Å². The second-order valence-electron chi connectivity index (χ2n) is 6.48. The van der Waals surface area contributed by atoms with E-state index in [1.165, 1.54) is 30.8 Å². The Bertz CT molecular complexity index is 1160. The summed E-state index contributed by atoms with van der Waals surface area (Å²) in [5.41, 5.74) is 1.88. The maximum Gasteiger partial charge on any atom is 0.325 e. The second kappa shape index (κ2) is 7.63. The van der Waals surface area contributed by atoms with Crippen molar-refractivity contribution >= 4 is 23.4 Å². The molecule has 1 N–H and O–H groups in total. The van der Waals surface area contributed by atoms with Gasteiger partial charge in [-0.2, -0.15) is 0 Å². The van der Waals surface area contributed by atoms with Crippen LogP contribution in [0.1, 0.15) is 18.7 Å². The highest BCUT2D eigenvalue weighted by Crippen LogP contribution is 2.37. The Morgan fingerprint density at radius 1 is 1.31 bits per heavy atom. The van der Waals surface area contributed by atoms with Crippen molar-refractivity contribution in [1.29, 1.82) is 0 Å². The Hall–Kier alpha value is -3.26. The highest BCUT2D eigenvalue weighted by atomic mass is 32.2. The first-order chi connectivity index (χ1) is 14.0. The molecule has 1 aromatic heterocycles. The number of carbonyl (C=O) groups excluding carboxylic acids is 1. The number of para-hydroxylation sites is 1. The lowest BCUT2D eigenvalue weighted by Crippen LogP contribution is -2.60. The molecule has 8 heteroatoms. The monoisotopic (exact) mass is 409 g/mol. The van der Waals surface area contributed by atoms with Gasteiger partial charge in [0, 0.05) is 23.3 Å². The molecule has 146 valence electrons. The number of hydrogen-bond acceptors (Lipinski definition) is 4. The van der Waals surface area contributed by atoms with Crippen LogP contribution in [0.4, 0.5) is 10.1 Å². The number of nitrogens with one attached hydrogen (secondary N) is 1.